The highest BCUT2D eigenvalue weighted by Crippen LogP contribution is 2.18. The lowest BCUT2D eigenvalue weighted by atomic mass is 10.1. The Bertz CT molecular complexity index is 575. The standard InChI is InChI=1S/C15H15ClN2O2/c16-9-11(19)10-18-13-6-2-1-5-12(13)15(20)14-7-3-4-8-17-14/h1-8,11,18-19H,9-10H2. The number of para-hydroxylation sites is 1. The number of aliphatic hydroxyl groups excluding tert-OH is 1. The first-order valence-electron chi connectivity index (χ1n) is 6.25. The van der Waals surface area contributed by atoms with E-state index in [9.17, 15) is 9.90 Å². The van der Waals surface area contributed by atoms with Crippen molar-refractivity contribution >= 4 is 23.1 Å². The third-order valence-electron chi connectivity index (χ3n) is 2.78. The minimum absolute atomic E-state index is 0.142. The molecular formula is C15H15ClN2O2. The van der Waals surface area contributed by atoms with Crippen LogP contribution in [0.5, 0.6) is 0 Å². The van der Waals surface area contributed by atoms with Gasteiger partial charge in [0, 0.05) is 24.0 Å². The van der Waals surface area contributed by atoms with Gasteiger partial charge in [0.25, 0.3) is 0 Å². The van der Waals surface area contributed by atoms with Gasteiger partial charge in [0.1, 0.15) is 5.69 Å². The summed E-state index contributed by atoms with van der Waals surface area (Å²) in [6, 6.07) is 12.3. The molecule has 0 bridgehead atoms. The zero-order valence-electron chi connectivity index (χ0n) is 10.8. The highest BCUT2D eigenvalue weighted by molar-refractivity contribution is 6.18. The molecule has 0 fully saturated rings. The molecule has 4 nitrogen and oxygen atoms in total. The van der Waals surface area contributed by atoms with E-state index in [1.165, 1.54) is 0 Å². The second-order valence-electron chi connectivity index (χ2n) is 4.28. The number of ketones is 1. The highest BCUT2D eigenvalue weighted by Gasteiger charge is 2.14. The molecule has 1 heterocycles. The molecule has 0 amide bonds. The maximum Gasteiger partial charge on any atom is 0.213 e. The molecule has 0 spiro atoms. The van der Waals surface area contributed by atoms with Gasteiger partial charge in [-0.05, 0) is 24.3 Å². The van der Waals surface area contributed by atoms with Gasteiger partial charge < -0.3 is 10.4 Å². The van der Waals surface area contributed by atoms with E-state index in [4.69, 9.17) is 11.6 Å². The number of carbonyl (C=O) groups excluding carboxylic acids is 1. The number of benzene rings is 1. The number of rotatable bonds is 6. The first-order valence-corrected chi connectivity index (χ1v) is 6.78. The number of nitrogens with one attached hydrogen (secondary N) is 1. The molecule has 0 saturated heterocycles. The molecule has 2 N–H and O–H groups in total. The topological polar surface area (TPSA) is 62.2 Å². The zero-order chi connectivity index (χ0) is 14.4. The van der Waals surface area contributed by atoms with Crippen molar-refractivity contribution in [1.82, 2.24) is 4.98 Å². The summed E-state index contributed by atoms with van der Waals surface area (Å²) in [4.78, 5) is 16.5. The van der Waals surface area contributed by atoms with Gasteiger partial charge in [0.2, 0.25) is 5.78 Å². The number of alkyl halides is 1. The smallest absolute Gasteiger partial charge is 0.213 e. The van der Waals surface area contributed by atoms with Crippen LogP contribution in [-0.2, 0) is 0 Å². The fraction of sp³-hybridized carbons (Fsp3) is 0.200. The number of aromatic nitrogens is 1. The van der Waals surface area contributed by atoms with E-state index in [0.29, 0.717) is 16.9 Å². The Labute approximate surface area is 122 Å². The minimum Gasteiger partial charge on any atom is -0.390 e. The van der Waals surface area contributed by atoms with Gasteiger partial charge in [0.05, 0.1) is 12.0 Å². The van der Waals surface area contributed by atoms with Crippen LogP contribution in [0.3, 0.4) is 0 Å². The monoisotopic (exact) mass is 290 g/mol. The van der Waals surface area contributed by atoms with E-state index >= 15 is 0 Å². The van der Waals surface area contributed by atoms with Gasteiger partial charge >= 0.3 is 0 Å². The van der Waals surface area contributed by atoms with Crippen LogP contribution < -0.4 is 5.32 Å². The number of hydrogen-bond acceptors (Lipinski definition) is 4. The predicted molar refractivity (Wildman–Crippen MR) is 79.3 cm³/mol. The lowest BCUT2D eigenvalue weighted by molar-refractivity contribution is 0.103. The Morgan fingerprint density at radius 2 is 2.00 bits per heavy atom. The summed E-state index contributed by atoms with van der Waals surface area (Å²) < 4.78 is 0. The fourth-order valence-corrected chi connectivity index (χ4v) is 1.86. The van der Waals surface area contributed by atoms with Crippen LogP contribution in [0, 0.1) is 0 Å². The molecule has 1 aromatic carbocycles. The second-order valence-corrected chi connectivity index (χ2v) is 4.59. The first kappa shape index (κ1) is 14.5. The second kappa shape index (κ2) is 7.03. The number of carbonyl (C=O) groups is 1. The molecule has 20 heavy (non-hydrogen) atoms. The molecule has 0 radical (unpaired) electrons. The number of aliphatic hydroxyl groups is 1. The van der Waals surface area contributed by atoms with Crippen molar-refractivity contribution < 1.29 is 9.90 Å². The number of anilines is 1. The normalized spacial score (nSPS) is 11.9. The average Bonchev–Trinajstić information content (AvgIpc) is 2.53. The van der Waals surface area contributed by atoms with Gasteiger partial charge in [-0.1, -0.05) is 18.2 Å². The summed E-state index contributed by atoms with van der Waals surface area (Å²) in [6.07, 6.45) is 0.926. The van der Waals surface area contributed by atoms with Crippen LogP contribution in [0.4, 0.5) is 5.69 Å². The van der Waals surface area contributed by atoms with Crippen molar-refractivity contribution in [2.75, 3.05) is 17.7 Å². The van der Waals surface area contributed by atoms with E-state index in [0.717, 1.165) is 0 Å². The SMILES string of the molecule is O=C(c1ccccn1)c1ccccc1NCC(O)CCl. The Hall–Kier alpha value is -1.91. The maximum absolute atomic E-state index is 12.4. The van der Waals surface area contributed by atoms with Crippen LogP contribution in [0.2, 0.25) is 0 Å². The molecule has 2 aromatic rings. The molecule has 0 aliphatic rings. The van der Waals surface area contributed by atoms with Gasteiger partial charge in [0.15, 0.2) is 0 Å². The fourth-order valence-electron chi connectivity index (χ4n) is 1.75. The molecular weight excluding hydrogens is 276 g/mol. The number of hydrogen-bond donors (Lipinski definition) is 2. The predicted octanol–water partition coefficient (Wildman–Crippen LogP) is 2.32. The van der Waals surface area contributed by atoms with Crippen molar-refractivity contribution in [1.29, 1.82) is 0 Å². The maximum atomic E-state index is 12.4. The largest absolute Gasteiger partial charge is 0.390 e. The summed E-state index contributed by atoms with van der Waals surface area (Å²) in [5.74, 6) is -0.0161. The average molecular weight is 291 g/mol. The molecule has 0 saturated carbocycles. The van der Waals surface area contributed by atoms with Crippen LogP contribution in [0.1, 0.15) is 16.1 Å². The third-order valence-corrected chi connectivity index (χ3v) is 3.13. The molecule has 5 heteroatoms. The molecule has 2 rings (SSSR count). The molecule has 0 aliphatic heterocycles. The van der Waals surface area contributed by atoms with Crippen molar-refractivity contribution in [2.24, 2.45) is 0 Å². The number of nitrogens with zero attached hydrogens (tertiary/aromatic N) is 1. The van der Waals surface area contributed by atoms with Crippen molar-refractivity contribution in [3.8, 4) is 0 Å². The number of halogens is 1. The van der Waals surface area contributed by atoms with Crippen molar-refractivity contribution in [2.45, 2.75) is 6.10 Å². The number of pyridine rings is 1. The van der Waals surface area contributed by atoms with Crippen LogP contribution in [0.25, 0.3) is 0 Å². The Morgan fingerprint density at radius 3 is 2.70 bits per heavy atom. The van der Waals surface area contributed by atoms with Crippen LogP contribution in [-0.4, -0.2) is 34.4 Å². The summed E-state index contributed by atoms with van der Waals surface area (Å²) >= 11 is 5.55. The Morgan fingerprint density at radius 1 is 1.25 bits per heavy atom. The van der Waals surface area contributed by atoms with Crippen LogP contribution in [0.15, 0.2) is 48.7 Å². The summed E-state index contributed by atoms with van der Waals surface area (Å²) in [5, 5.41) is 12.5. The quantitative estimate of drug-likeness (QED) is 0.633. The Kier molecular flexibility index (Phi) is 5.09. The van der Waals surface area contributed by atoms with Gasteiger partial charge in [-0.2, -0.15) is 0 Å². The summed E-state index contributed by atoms with van der Waals surface area (Å²) in [5.41, 5.74) is 1.57. The Balaban J connectivity index is 2.21. The lowest BCUT2D eigenvalue weighted by Crippen LogP contribution is -2.22. The highest BCUT2D eigenvalue weighted by atomic mass is 35.5. The molecule has 1 atom stereocenters. The van der Waals surface area contributed by atoms with Gasteiger partial charge in [-0.25, -0.2) is 0 Å². The zero-order valence-corrected chi connectivity index (χ0v) is 11.5. The van der Waals surface area contributed by atoms with Crippen molar-refractivity contribution in [3.05, 3.63) is 59.9 Å². The molecule has 1 aromatic heterocycles. The van der Waals surface area contributed by atoms with E-state index < -0.39 is 6.10 Å². The molecule has 1 unspecified atom stereocenters. The van der Waals surface area contributed by atoms with E-state index in [1.54, 1.807) is 42.6 Å². The van der Waals surface area contributed by atoms with E-state index in [2.05, 4.69) is 10.3 Å². The summed E-state index contributed by atoms with van der Waals surface area (Å²) in [6.45, 7) is 0.288. The van der Waals surface area contributed by atoms with Gasteiger partial charge in [-0.3, -0.25) is 9.78 Å². The third kappa shape index (κ3) is 3.56. The molecule has 104 valence electrons. The van der Waals surface area contributed by atoms with Crippen molar-refractivity contribution in [3.63, 3.8) is 0 Å². The summed E-state index contributed by atoms with van der Waals surface area (Å²) in [7, 11) is 0. The van der Waals surface area contributed by atoms with E-state index in [1.807, 2.05) is 6.07 Å². The van der Waals surface area contributed by atoms with Crippen LogP contribution >= 0.6 is 11.6 Å². The van der Waals surface area contributed by atoms with Gasteiger partial charge in [-0.15, -0.1) is 11.6 Å². The van der Waals surface area contributed by atoms with E-state index in [-0.39, 0.29) is 18.2 Å². The molecule has 0 aliphatic carbocycles. The lowest BCUT2D eigenvalue weighted by Gasteiger charge is -2.13. The first-order chi connectivity index (χ1) is 9.72. The minimum atomic E-state index is -0.658.